The number of hydrogen-bond donors (Lipinski definition) is 2. The first-order valence-corrected chi connectivity index (χ1v) is 9.09. The lowest BCUT2D eigenvalue weighted by atomic mass is 10.2. The van der Waals surface area contributed by atoms with Crippen LogP contribution in [0.3, 0.4) is 0 Å². The number of thioether (sulfide) groups is 1. The fourth-order valence-electron chi connectivity index (χ4n) is 2.02. The number of amides is 2. The zero-order valence-corrected chi connectivity index (χ0v) is 15.8. The Morgan fingerprint density at radius 1 is 0.963 bits per heavy atom. The van der Waals surface area contributed by atoms with Gasteiger partial charge in [-0.05, 0) is 48.7 Å². The number of rotatable bonds is 7. The molecule has 0 bridgehead atoms. The van der Waals surface area contributed by atoms with Crippen LogP contribution in [-0.2, 0) is 19.1 Å². The molecule has 1 atom stereocenters. The van der Waals surface area contributed by atoms with E-state index in [2.05, 4.69) is 10.6 Å². The number of esters is 1. The quantitative estimate of drug-likeness (QED) is 0.431. The normalized spacial score (nSPS) is 11.6. The third kappa shape index (κ3) is 7.37. The zero-order valence-electron chi connectivity index (χ0n) is 15.0. The number of hydrogen-bond acceptors (Lipinski definition) is 5. The Labute approximate surface area is 162 Å². The molecule has 0 aliphatic rings. The second kappa shape index (κ2) is 10.2. The van der Waals surface area contributed by atoms with Crippen molar-refractivity contribution >= 4 is 40.9 Å². The molecule has 6 nitrogen and oxygen atoms in total. The number of nitrogens with one attached hydrogen (secondary N) is 2. The van der Waals surface area contributed by atoms with Crippen LogP contribution in [0, 0.1) is 0 Å². The molecule has 0 saturated heterocycles. The smallest absolute Gasteiger partial charge is 0.332 e. The van der Waals surface area contributed by atoms with Crippen molar-refractivity contribution in [2.75, 3.05) is 10.6 Å². The lowest BCUT2D eigenvalue weighted by molar-refractivity contribution is -0.148. The number of carbonyl (C=O) groups is 3. The maximum atomic E-state index is 12.1. The molecule has 7 heteroatoms. The minimum absolute atomic E-state index is 0.175. The summed E-state index contributed by atoms with van der Waals surface area (Å²) in [5.74, 6) is -1.22. The van der Waals surface area contributed by atoms with Gasteiger partial charge in [-0.1, -0.05) is 30.0 Å². The zero-order chi connectivity index (χ0) is 19.6. The molecule has 0 heterocycles. The molecule has 140 valence electrons. The first-order valence-electron chi connectivity index (χ1n) is 8.21. The van der Waals surface area contributed by atoms with Gasteiger partial charge in [0, 0.05) is 29.3 Å². The Kier molecular flexibility index (Phi) is 7.63. The first-order chi connectivity index (χ1) is 12.9. The Morgan fingerprint density at radius 3 is 2.15 bits per heavy atom. The van der Waals surface area contributed by atoms with Gasteiger partial charge in [-0.3, -0.25) is 9.59 Å². The van der Waals surface area contributed by atoms with Crippen molar-refractivity contribution in [1.82, 2.24) is 0 Å². The average Bonchev–Trinajstić information content (AvgIpc) is 2.63. The summed E-state index contributed by atoms with van der Waals surface area (Å²) in [4.78, 5) is 35.9. The third-order valence-corrected chi connectivity index (χ3v) is 4.10. The lowest BCUT2D eigenvalue weighted by Crippen LogP contribution is -2.29. The molecule has 2 N–H and O–H groups in total. The summed E-state index contributed by atoms with van der Waals surface area (Å²) < 4.78 is 5.09. The van der Waals surface area contributed by atoms with Crippen molar-refractivity contribution in [3.63, 3.8) is 0 Å². The highest BCUT2D eigenvalue weighted by atomic mass is 32.2. The van der Waals surface area contributed by atoms with E-state index in [0.29, 0.717) is 11.4 Å². The number of ether oxygens (including phenoxy) is 1. The van der Waals surface area contributed by atoms with Crippen LogP contribution >= 0.6 is 11.8 Å². The average molecular weight is 384 g/mol. The largest absolute Gasteiger partial charge is 0.449 e. The van der Waals surface area contributed by atoms with Crippen molar-refractivity contribution in [1.29, 1.82) is 0 Å². The highest BCUT2D eigenvalue weighted by Crippen LogP contribution is 2.18. The van der Waals surface area contributed by atoms with Gasteiger partial charge < -0.3 is 15.4 Å². The molecule has 2 rings (SSSR count). The summed E-state index contributed by atoms with van der Waals surface area (Å²) in [7, 11) is 0. The lowest BCUT2D eigenvalue weighted by Gasteiger charge is -2.12. The molecule has 2 aromatic carbocycles. The molecular weight excluding hydrogens is 364 g/mol. The summed E-state index contributed by atoms with van der Waals surface area (Å²) in [5, 5.41) is 6.90. The van der Waals surface area contributed by atoms with Crippen LogP contribution < -0.4 is 10.6 Å². The molecular formula is C20H20N2O4S. The summed E-state index contributed by atoms with van der Waals surface area (Å²) >= 11 is 1.38. The Morgan fingerprint density at radius 2 is 1.56 bits per heavy atom. The van der Waals surface area contributed by atoms with Gasteiger partial charge in [0.05, 0.1) is 0 Å². The van der Waals surface area contributed by atoms with E-state index in [1.807, 2.05) is 30.3 Å². The Hall–Kier alpha value is -3.06. The maximum absolute atomic E-state index is 12.1. The van der Waals surface area contributed by atoms with Gasteiger partial charge in [-0.15, -0.1) is 0 Å². The molecule has 0 aromatic heterocycles. The van der Waals surface area contributed by atoms with E-state index >= 15 is 0 Å². The molecule has 2 amide bonds. The van der Waals surface area contributed by atoms with Crippen LogP contribution in [0.25, 0.3) is 0 Å². The summed E-state index contributed by atoms with van der Waals surface area (Å²) in [5.41, 5.74) is 1.16. The highest BCUT2D eigenvalue weighted by molar-refractivity contribution is 8.02. The standard InChI is InChI=1S/C20H20N2O4S/c1-14(26-19(24)12-13-27-18-6-4-3-5-7-18)20(25)22-17-10-8-16(9-11-17)21-15(2)23/h3-14H,1-2H3,(H,21,23)(H,22,25)/b13-12+/t14-/m0/s1. The second-order valence-electron chi connectivity index (χ2n) is 5.56. The monoisotopic (exact) mass is 384 g/mol. The van der Waals surface area contributed by atoms with Gasteiger partial charge in [0.25, 0.3) is 5.91 Å². The number of benzene rings is 2. The van der Waals surface area contributed by atoms with Crippen molar-refractivity contribution in [3.05, 3.63) is 66.1 Å². The molecule has 0 aliphatic carbocycles. The highest BCUT2D eigenvalue weighted by Gasteiger charge is 2.16. The van der Waals surface area contributed by atoms with Crippen molar-refractivity contribution in [3.8, 4) is 0 Å². The molecule has 0 saturated carbocycles. The Bertz CT molecular complexity index is 820. The van der Waals surface area contributed by atoms with Gasteiger partial charge in [0.15, 0.2) is 6.10 Å². The van der Waals surface area contributed by atoms with E-state index in [1.165, 1.54) is 31.7 Å². The Balaban J connectivity index is 1.80. The molecule has 0 aliphatic heterocycles. The van der Waals surface area contributed by atoms with Crippen LogP contribution in [0.15, 0.2) is 71.0 Å². The topological polar surface area (TPSA) is 84.5 Å². The van der Waals surface area contributed by atoms with Gasteiger partial charge in [0.2, 0.25) is 5.91 Å². The molecule has 0 radical (unpaired) electrons. The third-order valence-electron chi connectivity index (χ3n) is 3.29. The number of carbonyl (C=O) groups excluding carboxylic acids is 3. The van der Waals surface area contributed by atoms with E-state index in [9.17, 15) is 14.4 Å². The SMILES string of the molecule is CC(=O)Nc1ccc(NC(=O)[C@H](C)OC(=O)/C=C/Sc2ccccc2)cc1. The van der Waals surface area contributed by atoms with Crippen LogP contribution in [0.1, 0.15) is 13.8 Å². The van der Waals surface area contributed by atoms with Crippen LogP contribution in [0.2, 0.25) is 0 Å². The van der Waals surface area contributed by atoms with Gasteiger partial charge in [-0.25, -0.2) is 4.79 Å². The molecule has 0 unspecified atom stereocenters. The minimum Gasteiger partial charge on any atom is -0.449 e. The minimum atomic E-state index is -0.945. The van der Waals surface area contributed by atoms with Crippen molar-refractivity contribution in [2.45, 2.75) is 24.8 Å². The van der Waals surface area contributed by atoms with Crippen LogP contribution in [0.4, 0.5) is 11.4 Å². The van der Waals surface area contributed by atoms with E-state index in [4.69, 9.17) is 4.74 Å². The molecule has 2 aromatic rings. The van der Waals surface area contributed by atoms with Gasteiger partial charge in [0.1, 0.15) is 0 Å². The summed E-state index contributed by atoms with van der Waals surface area (Å²) in [6.07, 6.45) is 0.336. The molecule has 0 fully saturated rings. The second-order valence-corrected chi connectivity index (χ2v) is 6.54. The summed E-state index contributed by atoms with van der Waals surface area (Å²) in [6.45, 7) is 2.91. The van der Waals surface area contributed by atoms with Crippen LogP contribution in [-0.4, -0.2) is 23.9 Å². The summed E-state index contributed by atoms with van der Waals surface area (Å²) in [6, 6.07) is 16.2. The van der Waals surface area contributed by atoms with E-state index in [-0.39, 0.29) is 5.91 Å². The van der Waals surface area contributed by atoms with Crippen molar-refractivity contribution < 1.29 is 19.1 Å². The van der Waals surface area contributed by atoms with Gasteiger partial charge >= 0.3 is 5.97 Å². The van der Waals surface area contributed by atoms with Gasteiger partial charge in [-0.2, -0.15) is 0 Å². The predicted octanol–water partition coefficient (Wildman–Crippen LogP) is 3.82. The van der Waals surface area contributed by atoms with E-state index in [1.54, 1.807) is 29.7 Å². The van der Waals surface area contributed by atoms with Crippen LogP contribution in [0.5, 0.6) is 0 Å². The van der Waals surface area contributed by atoms with E-state index in [0.717, 1.165) is 4.90 Å². The molecule has 27 heavy (non-hydrogen) atoms. The van der Waals surface area contributed by atoms with Crippen molar-refractivity contribution in [2.24, 2.45) is 0 Å². The maximum Gasteiger partial charge on any atom is 0.332 e. The predicted molar refractivity (Wildman–Crippen MR) is 106 cm³/mol. The molecule has 0 spiro atoms. The number of anilines is 2. The fourth-order valence-corrected chi connectivity index (χ4v) is 2.67. The van der Waals surface area contributed by atoms with E-state index < -0.39 is 18.0 Å². The first kappa shape index (κ1) is 20.3. The fraction of sp³-hybridized carbons (Fsp3) is 0.150.